The zero-order valence-corrected chi connectivity index (χ0v) is 16.1. The third-order valence-electron chi connectivity index (χ3n) is 6.37. The minimum absolute atomic E-state index is 0.00390. The van der Waals surface area contributed by atoms with Crippen molar-refractivity contribution in [2.75, 3.05) is 19.6 Å². The van der Waals surface area contributed by atoms with Crippen molar-refractivity contribution in [2.45, 2.75) is 13.0 Å². The first-order valence-electron chi connectivity index (χ1n) is 9.91. The SMILES string of the molecule is CC(=O)N1C[C@H]2CN(C(=O)c3c[nH]c4ccccc34)C[C@H]2[C@@H]1c1cccc(F)c1. The molecule has 29 heavy (non-hydrogen) atoms. The van der Waals surface area contributed by atoms with Crippen LogP contribution in [-0.2, 0) is 4.79 Å². The molecule has 3 aromatic rings. The van der Waals surface area contributed by atoms with Crippen molar-refractivity contribution in [3.8, 4) is 0 Å². The van der Waals surface area contributed by atoms with E-state index in [-0.39, 0.29) is 35.5 Å². The lowest BCUT2D eigenvalue weighted by molar-refractivity contribution is -0.130. The monoisotopic (exact) mass is 391 g/mol. The largest absolute Gasteiger partial charge is 0.360 e. The Labute approximate surface area is 168 Å². The van der Waals surface area contributed by atoms with Gasteiger partial charge in [-0.3, -0.25) is 9.59 Å². The Hall–Kier alpha value is -3.15. The predicted molar refractivity (Wildman–Crippen MR) is 108 cm³/mol. The molecule has 0 saturated carbocycles. The molecule has 0 radical (unpaired) electrons. The summed E-state index contributed by atoms with van der Waals surface area (Å²) in [5.74, 6) is -0.0114. The number of likely N-dealkylation sites (tertiary alicyclic amines) is 2. The minimum atomic E-state index is -0.306. The van der Waals surface area contributed by atoms with Crippen molar-refractivity contribution in [3.63, 3.8) is 0 Å². The Morgan fingerprint density at radius 2 is 1.90 bits per heavy atom. The van der Waals surface area contributed by atoms with E-state index in [1.165, 1.54) is 12.1 Å². The van der Waals surface area contributed by atoms with Gasteiger partial charge < -0.3 is 14.8 Å². The molecule has 5 nitrogen and oxygen atoms in total. The second-order valence-corrected chi connectivity index (χ2v) is 8.05. The molecular weight excluding hydrogens is 369 g/mol. The maximum Gasteiger partial charge on any atom is 0.256 e. The molecule has 2 aromatic carbocycles. The van der Waals surface area contributed by atoms with Gasteiger partial charge in [-0.2, -0.15) is 0 Å². The van der Waals surface area contributed by atoms with Crippen molar-refractivity contribution in [1.82, 2.24) is 14.8 Å². The number of carbonyl (C=O) groups is 2. The summed E-state index contributed by atoms with van der Waals surface area (Å²) in [5, 5.41) is 0.918. The minimum Gasteiger partial charge on any atom is -0.360 e. The highest BCUT2D eigenvalue weighted by Gasteiger charge is 2.49. The smallest absolute Gasteiger partial charge is 0.256 e. The van der Waals surface area contributed by atoms with Crippen LogP contribution in [0.15, 0.2) is 54.7 Å². The Morgan fingerprint density at radius 1 is 1.07 bits per heavy atom. The van der Waals surface area contributed by atoms with E-state index in [9.17, 15) is 14.0 Å². The van der Waals surface area contributed by atoms with E-state index >= 15 is 0 Å². The van der Waals surface area contributed by atoms with Gasteiger partial charge in [0.1, 0.15) is 5.82 Å². The Kier molecular flexibility index (Phi) is 4.15. The molecule has 1 N–H and O–H groups in total. The van der Waals surface area contributed by atoms with Crippen molar-refractivity contribution in [1.29, 1.82) is 0 Å². The number of nitrogens with zero attached hydrogens (tertiary/aromatic N) is 2. The van der Waals surface area contributed by atoms with Crippen LogP contribution < -0.4 is 0 Å². The van der Waals surface area contributed by atoms with Gasteiger partial charge in [0.2, 0.25) is 5.91 Å². The lowest BCUT2D eigenvalue weighted by Gasteiger charge is -2.29. The molecule has 0 aliphatic carbocycles. The van der Waals surface area contributed by atoms with Crippen molar-refractivity contribution in [3.05, 3.63) is 71.7 Å². The number of amides is 2. The topological polar surface area (TPSA) is 56.4 Å². The van der Waals surface area contributed by atoms with Crippen molar-refractivity contribution >= 4 is 22.7 Å². The zero-order chi connectivity index (χ0) is 20.1. The van der Waals surface area contributed by atoms with E-state index < -0.39 is 0 Å². The number of para-hydroxylation sites is 1. The van der Waals surface area contributed by atoms with Crippen LogP contribution in [0.2, 0.25) is 0 Å². The third kappa shape index (κ3) is 2.90. The van der Waals surface area contributed by atoms with E-state index in [0.717, 1.165) is 16.5 Å². The standard InChI is InChI=1S/C23H22FN3O2/c1-14(28)27-12-16-11-26(13-20(16)22(27)15-5-4-6-17(24)9-15)23(29)19-10-25-21-8-3-2-7-18(19)21/h2-10,16,20,22,25H,11-13H2,1H3/t16-,20-,22+/m1/s1. The predicted octanol–water partition coefficient (Wildman–Crippen LogP) is 3.60. The van der Waals surface area contributed by atoms with E-state index in [2.05, 4.69) is 4.98 Å². The molecule has 0 bridgehead atoms. The third-order valence-corrected chi connectivity index (χ3v) is 6.37. The quantitative estimate of drug-likeness (QED) is 0.726. The molecule has 3 atom stereocenters. The van der Waals surface area contributed by atoms with Gasteiger partial charge in [0, 0.05) is 55.5 Å². The molecule has 2 amide bonds. The fourth-order valence-electron chi connectivity index (χ4n) is 5.07. The number of carbonyl (C=O) groups excluding carboxylic acids is 2. The van der Waals surface area contributed by atoms with Crippen LogP contribution in [0.3, 0.4) is 0 Å². The number of nitrogens with one attached hydrogen (secondary N) is 1. The number of aromatic amines is 1. The van der Waals surface area contributed by atoms with Gasteiger partial charge in [0.15, 0.2) is 0 Å². The molecule has 0 unspecified atom stereocenters. The summed E-state index contributed by atoms with van der Waals surface area (Å²) in [6.07, 6.45) is 1.77. The summed E-state index contributed by atoms with van der Waals surface area (Å²) < 4.78 is 13.9. The van der Waals surface area contributed by atoms with E-state index in [0.29, 0.717) is 25.2 Å². The number of hydrogen-bond acceptors (Lipinski definition) is 2. The van der Waals surface area contributed by atoms with Gasteiger partial charge in [-0.1, -0.05) is 30.3 Å². The average Bonchev–Trinajstić information content (AvgIpc) is 3.39. The second kappa shape index (κ2) is 6.72. The van der Waals surface area contributed by atoms with Crippen LogP contribution in [0.1, 0.15) is 28.9 Å². The van der Waals surface area contributed by atoms with Gasteiger partial charge >= 0.3 is 0 Å². The van der Waals surface area contributed by atoms with Crippen LogP contribution in [0, 0.1) is 17.7 Å². The van der Waals surface area contributed by atoms with Crippen molar-refractivity contribution in [2.24, 2.45) is 11.8 Å². The second-order valence-electron chi connectivity index (χ2n) is 8.05. The summed E-state index contributed by atoms with van der Waals surface area (Å²) in [5.41, 5.74) is 2.41. The van der Waals surface area contributed by atoms with Gasteiger partial charge in [0.25, 0.3) is 5.91 Å². The Morgan fingerprint density at radius 3 is 2.69 bits per heavy atom. The molecule has 6 heteroatoms. The number of H-pyrrole nitrogens is 1. The number of hydrogen-bond donors (Lipinski definition) is 1. The molecular formula is C23H22FN3O2. The van der Waals surface area contributed by atoms with Crippen LogP contribution in [-0.4, -0.2) is 46.2 Å². The molecule has 3 heterocycles. The highest BCUT2D eigenvalue weighted by Crippen LogP contribution is 2.45. The summed E-state index contributed by atoms with van der Waals surface area (Å²) in [6, 6.07) is 14.0. The first kappa shape index (κ1) is 17.9. The number of aromatic nitrogens is 1. The van der Waals surface area contributed by atoms with E-state index in [1.807, 2.05) is 40.1 Å². The molecule has 1 aromatic heterocycles. The summed E-state index contributed by atoms with van der Waals surface area (Å²) in [6.45, 7) is 3.33. The first-order valence-corrected chi connectivity index (χ1v) is 9.91. The lowest BCUT2D eigenvalue weighted by atomic mass is 9.89. The highest BCUT2D eigenvalue weighted by molar-refractivity contribution is 6.06. The van der Waals surface area contributed by atoms with Gasteiger partial charge in [-0.05, 0) is 23.8 Å². The number of rotatable bonds is 2. The molecule has 2 saturated heterocycles. The highest BCUT2D eigenvalue weighted by atomic mass is 19.1. The van der Waals surface area contributed by atoms with Crippen LogP contribution >= 0.6 is 0 Å². The van der Waals surface area contributed by atoms with Crippen molar-refractivity contribution < 1.29 is 14.0 Å². The van der Waals surface area contributed by atoms with E-state index in [1.54, 1.807) is 19.2 Å². The van der Waals surface area contributed by atoms with Crippen LogP contribution in [0.4, 0.5) is 4.39 Å². The maximum absolute atomic E-state index is 13.9. The molecule has 2 aliphatic rings. The van der Waals surface area contributed by atoms with Crippen LogP contribution in [0.5, 0.6) is 0 Å². The normalized spacial score (nSPS) is 23.6. The summed E-state index contributed by atoms with van der Waals surface area (Å²) in [4.78, 5) is 32.4. The molecule has 5 rings (SSSR count). The molecule has 2 fully saturated rings. The first-order chi connectivity index (χ1) is 14.0. The van der Waals surface area contributed by atoms with Gasteiger partial charge in [0.05, 0.1) is 11.6 Å². The molecule has 2 aliphatic heterocycles. The van der Waals surface area contributed by atoms with Gasteiger partial charge in [-0.15, -0.1) is 0 Å². The molecule has 0 spiro atoms. The number of fused-ring (bicyclic) bond motifs is 2. The lowest BCUT2D eigenvalue weighted by Crippen LogP contribution is -2.36. The summed E-state index contributed by atoms with van der Waals surface area (Å²) in [7, 11) is 0. The number of benzene rings is 2. The Balaban J connectivity index is 1.44. The molecule has 148 valence electrons. The maximum atomic E-state index is 13.9. The summed E-state index contributed by atoms with van der Waals surface area (Å²) >= 11 is 0. The van der Waals surface area contributed by atoms with Crippen LogP contribution in [0.25, 0.3) is 10.9 Å². The van der Waals surface area contributed by atoms with E-state index in [4.69, 9.17) is 0 Å². The fourth-order valence-corrected chi connectivity index (χ4v) is 5.07. The van der Waals surface area contributed by atoms with Gasteiger partial charge in [-0.25, -0.2) is 4.39 Å². The fraction of sp³-hybridized carbons (Fsp3) is 0.304. The zero-order valence-electron chi connectivity index (χ0n) is 16.1. The number of halogens is 1. The Bertz CT molecular complexity index is 1110. The average molecular weight is 391 g/mol.